The number of carbonyl (C=O) groups is 2. The molecular formula is C55H91ClF5N5O3. The number of aliphatic hydroxyl groups is 1. The smallest absolute Gasteiger partial charge is 0.389 e. The van der Waals surface area contributed by atoms with Crippen LogP contribution in [0.1, 0.15) is 198 Å². The normalized spacial score (nSPS) is 16.1. The molecule has 69 heavy (non-hydrogen) atoms. The van der Waals surface area contributed by atoms with Gasteiger partial charge in [-0.05, 0) is 132 Å². The minimum Gasteiger partial charge on any atom is -0.389 e. The number of rotatable bonds is 20. The molecule has 0 amide bonds. The Morgan fingerprint density at radius 1 is 1.00 bits per heavy atom. The zero-order valence-corrected chi connectivity index (χ0v) is 46.3. The lowest BCUT2D eigenvalue weighted by Gasteiger charge is -2.27. The molecular weight excluding hydrogens is 909 g/mol. The molecule has 1 saturated carbocycles. The third kappa shape index (κ3) is 34.0. The van der Waals surface area contributed by atoms with Crippen LogP contribution in [-0.2, 0) is 16.0 Å². The van der Waals surface area contributed by atoms with E-state index in [1.165, 1.54) is 50.4 Å². The zero-order chi connectivity index (χ0) is 54.7. The third-order valence-electron chi connectivity index (χ3n) is 10.7. The van der Waals surface area contributed by atoms with Gasteiger partial charge >= 0.3 is 12.7 Å². The first kappa shape index (κ1) is 71.5. The fraction of sp³-hybridized carbons (Fsp3) is 0.673. The lowest BCUT2D eigenvalue weighted by Crippen LogP contribution is -2.26. The summed E-state index contributed by atoms with van der Waals surface area (Å²) >= 11 is 5.83. The van der Waals surface area contributed by atoms with Crippen LogP contribution in [0.5, 0.6) is 0 Å². The van der Waals surface area contributed by atoms with Gasteiger partial charge < -0.3 is 9.90 Å². The lowest BCUT2D eigenvalue weighted by molar-refractivity contribution is -0.120. The van der Waals surface area contributed by atoms with Crippen molar-refractivity contribution in [2.75, 3.05) is 6.54 Å². The highest BCUT2D eigenvalue weighted by atomic mass is 35.5. The summed E-state index contributed by atoms with van der Waals surface area (Å²) in [5.41, 5.74) is 2.32. The van der Waals surface area contributed by atoms with Crippen LogP contribution in [0, 0.1) is 42.9 Å². The maximum atomic E-state index is 13.7. The Bertz CT molecular complexity index is 1830. The van der Waals surface area contributed by atoms with Gasteiger partial charge in [-0.15, -0.1) is 12.8 Å². The molecule has 396 valence electrons. The van der Waals surface area contributed by atoms with E-state index in [1.807, 2.05) is 54.5 Å². The van der Waals surface area contributed by atoms with Crippen molar-refractivity contribution in [3.8, 4) is 12.8 Å². The third-order valence-corrected chi connectivity index (χ3v) is 10.9. The van der Waals surface area contributed by atoms with Gasteiger partial charge in [0.25, 0.3) is 0 Å². The number of Topliss-reactive ketones (excluding diaryl/α,β-unsaturated/α-hetero) is 1. The minimum absolute atomic E-state index is 0.0490. The molecule has 0 aliphatic heterocycles. The van der Waals surface area contributed by atoms with Gasteiger partial charge in [0, 0.05) is 29.9 Å². The Morgan fingerprint density at radius 3 is 1.97 bits per heavy atom. The van der Waals surface area contributed by atoms with Crippen LogP contribution in [0.3, 0.4) is 0 Å². The maximum Gasteiger partial charge on any atom is 0.432 e. The molecule has 14 heteroatoms. The Labute approximate surface area is 420 Å². The number of alkyl halides is 5. The first-order valence-corrected chi connectivity index (χ1v) is 25.0. The fourth-order valence-electron chi connectivity index (χ4n) is 6.58. The number of carbonyl (C=O) groups excluding carboxylic acids is 2. The number of halogens is 6. The number of aryl methyl sites for hydroxylation is 1. The molecule has 2 aromatic heterocycles. The van der Waals surface area contributed by atoms with Gasteiger partial charge in [0.15, 0.2) is 0 Å². The number of allylic oxidation sites excluding steroid dienone is 4. The Balaban J connectivity index is -0.000000439. The number of aldehydes is 1. The summed E-state index contributed by atoms with van der Waals surface area (Å²) in [5.74, 6) is 1.83. The van der Waals surface area contributed by atoms with E-state index in [0.717, 1.165) is 49.2 Å². The number of ketones is 1. The van der Waals surface area contributed by atoms with Gasteiger partial charge in [-0.2, -0.15) is 27.1 Å². The van der Waals surface area contributed by atoms with E-state index in [0.29, 0.717) is 45.8 Å². The molecule has 0 aromatic carbocycles. The number of aromatic nitrogens is 3. The topological polar surface area (TPSA) is 110 Å². The zero-order valence-electron chi connectivity index (χ0n) is 45.6. The first-order valence-electron chi connectivity index (χ1n) is 24.6. The first-order chi connectivity index (χ1) is 32.2. The number of hydrogen-bond acceptors (Lipinski definition) is 7. The number of aliphatic imine (C=N–C) groups is 2. The van der Waals surface area contributed by atoms with Crippen molar-refractivity contribution >= 4 is 35.6 Å². The van der Waals surface area contributed by atoms with E-state index < -0.39 is 24.0 Å². The molecule has 0 saturated heterocycles. The highest BCUT2D eigenvalue weighted by Gasteiger charge is 2.38. The van der Waals surface area contributed by atoms with Crippen LogP contribution >= 0.6 is 11.6 Å². The molecule has 0 radical (unpaired) electrons. The molecule has 1 aliphatic rings. The van der Waals surface area contributed by atoms with Crippen LogP contribution in [0.2, 0.25) is 5.15 Å². The highest BCUT2D eigenvalue weighted by molar-refractivity contribution is 6.29. The molecule has 4 unspecified atom stereocenters. The lowest BCUT2D eigenvalue weighted by atomic mass is 9.81. The van der Waals surface area contributed by atoms with E-state index in [9.17, 15) is 36.6 Å². The highest BCUT2D eigenvalue weighted by Crippen LogP contribution is 2.50. The number of pyridine rings is 1. The van der Waals surface area contributed by atoms with Crippen LogP contribution in [0.15, 0.2) is 57.8 Å². The largest absolute Gasteiger partial charge is 0.432 e. The molecule has 8 nitrogen and oxygen atoms in total. The Hall–Kier alpha value is -4.02. The summed E-state index contributed by atoms with van der Waals surface area (Å²) in [6, 6.07) is 3.67. The van der Waals surface area contributed by atoms with Gasteiger partial charge in [-0.25, -0.2) is 9.67 Å². The van der Waals surface area contributed by atoms with Crippen LogP contribution in [-0.4, -0.2) is 68.2 Å². The van der Waals surface area contributed by atoms with Gasteiger partial charge in [0.05, 0.1) is 24.4 Å². The number of terminal acetylenes is 1. The minimum atomic E-state index is -4.52. The van der Waals surface area contributed by atoms with Crippen LogP contribution < -0.4 is 0 Å². The molecule has 3 rings (SSSR count). The molecule has 0 spiro atoms. The summed E-state index contributed by atoms with van der Waals surface area (Å²) in [6.07, 6.45) is 19.9. The van der Waals surface area contributed by atoms with Crippen molar-refractivity contribution in [1.29, 1.82) is 0 Å². The van der Waals surface area contributed by atoms with E-state index in [-0.39, 0.29) is 35.6 Å². The molecule has 2 aromatic rings. The van der Waals surface area contributed by atoms with E-state index in [1.54, 1.807) is 40.7 Å². The fourth-order valence-corrected chi connectivity index (χ4v) is 6.77. The van der Waals surface area contributed by atoms with Crippen molar-refractivity contribution in [2.24, 2.45) is 33.2 Å². The summed E-state index contributed by atoms with van der Waals surface area (Å²) < 4.78 is 65.8. The van der Waals surface area contributed by atoms with Gasteiger partial charge in [-0.3, -0.25) is 14.8 Å². The summed E-state index contributed by atoms with van der Waals surface area (Å²) in [5, 5.41) is 13.8. The second-order valence-electron chi connectivity index (χ2n) is 18.1. The van der Waals surface area contributed by atoms with Gasteiger partial charge in [0.1, 0.15) is 22.9 Å². The number of nitrogens with zero attached hydrogens (tertiary/aromatic N) is 5. The Kier molecular flexibility index (Phi) is 40.1. The van der Waals surface area contributed by atoms with Gasteiger partial charge in [-0.1, -0.05) is 126 Å². The predicted octanol–water partition coefficient (Wildman–Crippen LogP) is 16.2. The van der Waals surface area contributed by atoms with Crippen molar-refractivity contribution in [1.82, 2.24) is 14.8 Å². The molecule has 2 heterocycles. The monoisotopic (exact) mass is 1000 g/mol. The van der Waals surface area contributed by atoms with E-state index in [4.69, 9.17) is 11.6 Å². The van der Waals surface area contributed by atoms with Gasteiger partial charge in [0.2, 0.25) is 0 Å². The van der Waals surface area contributed by atoms with Crippen molar-refractivity contribution in [3.63, 3.8) is 0 Å². The quantitative estimate of drug-likeness (QED) is 0.0355. The van der Waals surface area contributed by atoms with Crippen molar-refractivity contribution in [3.05, 3.63) is 69.8 Å². The summed E-state index contributed by atoms with van der Waals surface area (Å²) in [7, 11) is 0. The second-order valence-corrected chi connectivity index (χ2v) is 18.5. The summed E-state index contributed by atoms with van der Waals surface area (Å²) in [4.78, 5) is 33.2. The molecule has 1 fully saturated rings. The molecule has 0 bridgehead atoms. The summed E-state index contributed by atoms with van der Waals surface area (Å²) in [6.45, 7) is 31.8. The predicted molar refractivity (Wildman–Crippen MR) is 283 cm³/mol. The van der Waals surface area contributed by atoms with Crippen molar-refractivity contribution in [2.45, 2.75) is 213 Å². The van der Waals surface area contributed by atoms with Crippen LogP contribution in [0.4, 0.5) is 22.0 Å². The molecule has 1 aliphatic carbocycles. The van der Waals surface area contributed by atoms with E-state index >= 15 is 0 Å². The molecule has 5 atom stereocenters. The maximum absolute atomic E-state index is 13.7. The Morgan fingerprint density at radius 2 is 1.58 bits per heavy atom. The van der Waals surface area contributed by atoms with Crippen molar-refractivity contribution < 1.29 is 36.6 Å². The average molecular weight is 1000 g/mol. The number of hydrogen-bond donors (Lipinski definition) is 1. The average Bonchev–Trinajstić information content (AvgIpc) is 3.88. The van der Waals surface area contributed by atoms with Crippen LogP contribution in [0.25, 0.3) is 0 Å². The standard InChI is InChI=1S/C23H39F3N2O.C12H16ClN.C9H12F2N2O.C5H10O.2C2H6.C2H2/c1-9-12-21(5,6)14-19(11-3)28-20(23(24,25)26)13-17(4)18(10-2)15-27-16-22(7,8)29;1-3-4-9-7-11(9)10-5-6-12(13)14-8(10)2;1-6(7(2)14)3-8-4-12-13(5-8)9(10)11;1-3-5(2)4-6;3*1-2/h10,13,15,19,29H,9,11-12,14,16H2,1-8H3;5-6,9,11H,3-4,7H2,1-2H3;4-6,9H,3H2,1-2H3;4-5H,3H2,1-2H3;2*1-2H3;1-2H/b17-13+,18-10+,27-15?,28-20?;;;;;;/t;9-,11?;;;;;/m.1...../s1. The van der Waals surface area contributed by atoms with E-state index in [2.05, 4.69) is 73.6 Å². The SMILES string of the molecule is C#C.C/C=C(C=NCC(C)(C)O)/C(C)=C/C(=NC(CC)CC(C)(C)CCC)C(F)(F)F.CC.CC.CC(=O)C(C)Cc1cnn(C(F)F)c1.CCC(C)C=O.CCC[C@@H]1CC1c1ccc(Cl)nc1C. The molecule has 1 N–H and O–H groups in total. The second kappa shape index (κ2) is 38.7.